The van der Waals surface area contributed by atoms with Gasteiger partial charge < -0.3 is 5.11 Å². The van der Waals surface area contributed by atoms with E-state index in [2.05, 4.69) is 18.4 Å². The summed E-state index contributed by atoms with van der Waals surface area (Å²) < 4.78 is 0. The lowest BCUT2D eigenvalue weighted by molar-refractivity contribution is 0.242. The molecule has 0 saturated heterocycles. The summed E-state index contributed by atoms with van der Waals surface area (Å²) in [5.74, 6) is 2.25. The van der Waals surface area contributed by atoms with Crippen LogP contribution in [-0.2, 0) is 0 Å². The van der Waals surface area contributed by atoms with E-state index in [-0.39, 0.29) is 0 Å². The van der Waals surface area contributed by atoms with E-state index in [4.69, 9.17) is 0 Å². The van der Waals surface area contributed by atoms with E-state index in [9.17, 15) is 5.11 Å². The van der Waals surface area contributed by atoms with Gasteiger partial charge in [-0.15, -0.1) is 11.8 Å². The van der Waals surface area contributed by atoms with Crippen LogP contribution in [0.1, 0.15) is 56.3 Å². The SMILES string of the molecule is CC(SC=C1CCC2CCCC1C2)c1cccc(O)c1. The summed E-state index contributed by atoms with van der Waals surface area (Å²) >= 11 is 1.92. The summed E-state index contributed by atoms with van der Waals surface area (Å²) in [6.07, 6.45) is 8.46. The Morgan fingerprint density at radius 2 is 2.20 bits per heavy atom. The van der Waals surface area contributed by atoms with Gasteiger partial charge in [-0.1, -0.05) is 30.5 Å². The van der Waals surface area contributed by atoms with Crippen molar-refractivity contribution in [3.63, 3.8) is 0 Å². The van der Waals surface area contributed by atoms with Gasteiger partial charge in [0.15, 0.2) is 0 Å². The second-order valence-electron chi connectivity index (χ2n) is 6.33. The molecule has 20 heavy (non-hydrogen) atoms. The molecular weight excluding hydrogens is 264 g/mol. The number of aromatic hydroxyl groups is 1. The van der Waals surface area contributed by atoms with E-state index < -0.39 is 0 Å². The number of thioether (sulfide) groups is 1. The normalized spacial score (nSPS) is 29.4. The molecule has 1 N–H and O–H groups in total. The highest BCUT2D eigenvalue weighted by atomic mass is 32.2. The fourth-order valence-corrected chi connectivity index (χ4v) is 4.66. The maximum absolute atomic E-state index is 9.57. The molecule has 1 aromatic rings. The molecule has 0 amide bonds. The minimum atomic E-state index is 0.371. The van der Waals surface area contributed by atoms with E-state index >= 15 is 0 Å². The average Bonchev–Trinajstić information content (AvgIpc) is 2.46. The van der Waals surface area contributed by atoms with Crippen LogP contribution in [0, 0.1) is 11.8 Å². The summed E-state index contributed by atoms with van der Waals surface area (Å²) in [6.45, 7) is 2.23. The third-order valence-electron chi connectivity index (χ3n) is 4.91. The van der Waals surface area contributed by atoms with E-state index in [1.807, 2.05) is 23.9 Å². The Morgan fingerprint density at radius 3 is 3.05 bits per heavy atom. The first kappa shape index (κ1) is 14.1. The smallest absolute Gasteiger partial charge is 0.115 e. The highest BCUT2D eigenvalue weighted by Crippen LogP contribution is 2.44. The molecule has 2 saturated carbocycles. The first-order chi connectivity index (χ1) is 9.72. The lowest BCUT2D eigenvalue weighted by Gasteiger charge is -2.36. The first-order valence-electron chi connectivity index (χ1n) is 7.85. The topological polar surface area (TPSA) is 20.2 Å². The Balaban J connectivity index is 1.64. The molecule has 0 spiro atoms. The van der Waals surface area contributed by atoms with Gasteiger partial charge in [0, 0.05) is 5.25 Å². The molecule has 2 fully saturated rings. The Kier molecular flexibility index (Phi) is 4.40. The number of hydrogen-bond donors (Lipinski definition) is 1. The van der Waals surface area contributed by atoms with Gasteiger partial charge in [0.1, 0.15) is 5.75 Å². The molecule has 2 bridgehead atoms. The zero-order chi connectivity index (χ0) is 13.9. The predicted octanol–water partition coefficient (Wildman–Crippen LogP) is 5.67. The Labute approximate surface area is 126 Å². The van der Waals surface area contributed by atoms with E-state index in [1.165, 1.54) is 44.1 Å². The second-order valence-corrected chi connectivity index (χ2v) is 7.55. The zero-order valence-corrected chi connectivity index (χ0v) is 13.0. The zero-order valence-electron chi connectivity index (χ0n) is 12.2. The molecule has 0 aromatic heterocycles. The molecule has 0 radical (unpaired) electrons. The number of fused-ring (bicyclic) bond motifs is 2. The standard InChI is InChI=1S/C18H24OS/c1-13(15-5-3-7-18(19)11-15)20-12-17-9-8-14-4-2-6-16(17)10-14/h3,5,7,11-14,16,19H,2,4,6,8-10H2,1H3. The van der Waals surface area contributed by atoms with Gasteiger partial charge in [0.2, 0.25) is 0 Å². The summed E-state index contributed by atoms with van der Waals surface area (Å²) in [5.41, 5.74) is 2.90. The Bertz CT molecular complexity index is 494. The van der Waals surface area contributed by atoms with Crippen molar-refractivity contribution in [2.75, 3.05) is 0 Å². The van der Waals surface area contributed by atoms with Crippen molar-refractivity contribution in [1.82, 2.24) is 0 Å². The van der Waals surface area contributed by atoms with Crippen LogP contribution in [0.25, 0.3) is 0 Å². The molecule has 2 aliphatic rings. The van der Waals surface area contributed by atoms with Crippen LogP contribution in [-0.4, -0.2) is 5.11 Å². The molecule has 3 unspecified atom stereocenters. The first-order valence-corrected chi connectivity index (χ1v) is 8.80. The summed E-state index contributed by atoms with van der Waals surface area (Å²) in [4.78, 5) is 0. The third-order valence-corrected chi connectivity index (χ3v) is 6.03. The van der Waals surface area contributed by atoms with Crippen LogP contribution in [0.5, 0.6) is 5.75 Å². The van der Waals surface area contributed by atoms with Crippen molar-refractivity contribution >= 4 is 11.8 Å². The van der Waals surface area contributed by atoms with Gasteiger partial charge in [0.05, 0.1) is 0 Å². The summed E-state index contributed by atoms with van der Waals surface area (Å²) in [7, 11) is 0. The van der Waals surface area contributed by atoms with Crippen LogP contribution in [0.4, 0.5) is 0 Å². The molecule has 3 atom stereocenters. The van der Waals surface area contributed by atoms with Crippen LogP contribution < -0.4 is 0 Å². The maximum atomic E-state index is 9.57. The predicted molar refractivity (Wildman–Crippen MR) is 86.9 cm³/mol. The fourth-order valence-electron chi connectivity index (χ4n) is 3.67. The van der Waals surface area contributed by atoms with Crippen LogP contribution >= 0.6 is 11.8 Å². The monoisotopic (exact) mass is 288 g/mol. The molecular formula is C18H24OS. The molecule has 0 aliphatic heterocycles. The Morgan fingerprint density at radius 1 is 1.30 bits per heavy atom. The molecule has 1 aromatic carbocycles. The molecule has 108 valence electrons. The van der Waals surface area contributed by atoms with E-state index in [1.54, 1.807) is 11.6 Å². The number of phenolic OH excluding ortho intramolecular Hbond substituents is 1. The number of benzene rings is 1. The van der Waals surface area contributed by atoms with Gasteiger partial charge in [-0.3, -0.25) is 0 Å². The lowest BCUT2D eigenvalue weighted by atomic mass is 9.70. The highest BCUT2D eigenvalue weighted by Gasteiger charge is 2.29. The number of allylic oxidation sites excluding steroid dienone is 1. The lowest BCUT2D eigenvalue weighted by Crippen LogP contribution is -2.22. The Hall–Kier alpha value is -0.890. The third kappa shape index (κ3) is 3.22. The van der Waals surface area contributed by atoms with Gasteiger partial charge in [-0.05, 0) is 67.5 Å². The second kappa shape index (κ2) is 6.26. The summed E-state index contributed by atoms with van der Waals surface area (Å²) in [5, 5.41) is 12.4. The van der Waals surface area contributed by atoms with Gasteiger partial charge in [0.25, 0.3) is 0 Å². The molecule has 1 nitrogen and oxygen atoms in total. The minimum Gasteiger partial charge on any atom is -0.508 e. The number of hydrogen-bond acceptors (Lipinski definition) is 2. The highest BCUT2D eigenvalue weighted by molar-refractivity contribution is 8.02. The van der Waals surface area contributed by atoms with E-state index in [0.29, 0.717) is 11.0 Å². The minimum absolute atomic E-state index is 0.371. The van der Waals surface area contributed by atoms with Gasteiger partial charge in [-0.25, -0.2) is 0 Å². The van der Waals surface area contributed by atoms with Crippen molar-refractivity contribution < 1.29 is 5.11 Å². The van der Waals surface area contributed by atoms with E-state index in [0.717, 1.165) is 11.8 Å². The van der Waals surface area contributed by atoms with Crippen molar-refractivity contribution in [2.24, 2.45) is 11.8 Å². The van der Waals surface area contributed by atoms with Crippen molar-refractivity contribution in [2.45, 2.75) is 50.7 Å². The van der Waals surface area contributed by atoms with Crippen molar-refractivity contribution in [3.8, 4) is 5.75 Å². The molecule has 3 rings (SSSR count). The van der Waals surface area contributed by atoms with Crippen molar-refractivity contribution in [3.05, 3.63) is 40.8 Å². The quantitative estimate of drug-likeness (QED) is 0.773. The molecule has 0 heterocycles. The van der Waals surface area contributed by atoms with Crippen LogP contribution in [0.3, 0.4) is 0 Å². The maximum Gasteiger partial charge on any atom is 0.115 e. The van der Waals surface area contributed by atoms with Gasteiger partial charge in [-0.2, -0.15) is 0 Å². The van der Waals surface area contributed by atoms with Gasteiger partial charge >= 0.3 is 0 Å². The van der Waals surface area contributed by atoms with Crippen LogP contribution in [0.2, 0.25) is 0 Å². The molecule has 2 heteroatoms. The molecule has 2 aliphatic carbocycles. The average molecular weight is 288 g/mol. The largest absolute Gasteiger partial charge is 0.508 e. The number of rotatable bonds is 3. The fraction of sp³-hybridized carbons (Fsp3) is 0.556. The summed E-state index contributed by atoms with van der Waals surface area (Å²) in [6, 6.07) is 7.66. The van der Waals surface area contributed by atoms with Crippen molar-refractivity contribution in [1.29, 1.82) is 0 Å². The van der Waals surface area contributed by atoms with Crippen LogP contribution in [0.15, 0.2) is 35.2 Å². The number of phenols is 1.